The van der Waals surface area contributed by atoms with Crippen molar-refractivity contribution in [1.82, 2.24) is 0 Å². The molecule has 0 saturated heterocycles. The number of ether oxygens (including phenoxy) is 1. The molecule has 1 aliphatic carbocycles. The Morgan fingerprint density at radius 3 is 2.05 bits per heavy atom. The summed E-state index contributed by atoms with van der Waals surface area (Å²) < 4.78 is 5.18. The van der Waals surface area contributed by atoms with E-state index in [0.717, 1.165) is 11.7 Å². The maximum Gasteiger partial charge on any atom is 0.119 e. The molecule has 1 fully saturated rings. The topological polar surface area (TPSA) is 21.3 Å². The van der Waals surface area contributed by atoms with E-state index in [1.165, 1.54) is 31.4 Å². The Balaban J connectivity index is 1.85. The quantitative estimate of drug-likeness (QED) is 0.850. The standard InChI is InChI=1S/C17H27NO/c1-17(2,3)13-5-7-14(8-6-13)18-15-9-11-16(19-4)12-10-15/h9-14,18H,5-8H2,1-4H3. The number of nitrogens with one attached hydrogen (secondary N) is 1. The van der Waals surface area contributed by atoms with E-state index in [0.29, 0.717) is 11.5 Å². The van der Waals surface area contributed by atoms with E-state index in [1.807, 2.05) is 12.1 Å². The van der Waals surface area contributed by atoms with E-state index in [4.69, 9.17) is 4.74 Å². The number of anilines is 1. The first kappa shape index (κ1) is 14.2. The SMILES string of the molecule is COc1ccc(NC2CCC(C(C)(C)C)CC2)cc1. The van der Waals surface area contributed by atoms with Gasteiger partial charge in [0.15, 0.2) is 0 Å². The predicted molar refractivity (Wildman–Crippen MR) is 81.8 cm³/mol. The van der Waals surface area contributed by atoms with E-state index in [1.54, 1.807) is 7.11 Å². The third kappa shape index (κ3) is 3.89. The molecular weight excluding hydrogens is 234 g/mol. The van der Waals surface area contributed by atoms with Gasteiger partial charge in [0.2, 0.25) is 0 Å². The molecule has 19 heavy (non-hydrogen) atoms. The average Bonchev–Trinajstić information content (AvgIpc) is 2.39. The van der Waals surface area contributed by atoms with E-state index in [-0.39, 0.29) is 0 Å². The van der Waals surface area contributed by atoms with Gasteiger partial charge in [-0.15, -0.1) is 0 Å². The summed E-state index contributed by atoms with van der Waals surface area (Å²) in [7, 11) is 1.70. The third-order valence-electron chi connectivity index (χ3n) is 4.41. The molecule has 1 aliphatic rings. The first-order valence-electron chi connectivity index (χ1n) is 7.39. The number of hydrogen-bond acceptors (Lipinski definition) is 2. The maximum absolute atomic E-state index is 5.18. The van der Waals surface area contributed by atoms with Crippen LogP contribution in [0, 0.1) is 11.3 Å². The van der Waals surface area contributed by atoms with Gasteiger partial charge in [-0.1, -0.05) is 20.8 Å². The fraction of sp³-hybridized carbons (Fsp3) is 0.647. The average molecular weight is 261 g/mol. The first-order chi connectivity index (χ1) is 8.99. The van der Waals surface area contributed by atoms with Crippen molar-refractivity contribution < 1.29 is 4.74 Å². The normalized spacial score (nSPS) is 24.0. The molecule has 106 valence electrons. The Morgan fingerprint density at radius 2 is 1.58 bits per heavy atom. The lowest BCUT2D eigenvalue weighted by atomic mass is 9.71. The van der Waals surface area contributed by atoms with Crippen molar-refractivity contribution in [3.8, 4) is 5.75 Å². The van der Waals surface area contributed by atoms with Crippen LogP contribution in [-0.4, -0.2) is 13.2 Å². The van der Waals surface area contributed by atoms with Gasteiger partial charge in [-0.05, 0) is 61.3 Å². The molecule has 0 atom stereocenters. The van der Waals surface area contributed by atoms with Crippen molar-refractivity contribution in [2.75, 3.05) is 12.4 Å². The van der Waals surface area contributed by atoms with Gasteiger partial charge >= 0.3 is 0 Å². The number of benzene rings is 1. The van der Waals surface area contributed by atoms with Crippen molar-refractivity contribution >= 4 is 5.69 Å². The zero-order chi connectivity index (χ0) is 13.9. The second-order valence-electron chi connectivity index (χ2n) is 6.79. The van der Waals surface area contributed by atoms with Gasteiger partial charge in [-0.2, -0.15) is 0 Å². The van der Waals surface area contributed by atoms with Crippen LogP contribution in [0.1, 0.15) is 46.5 Å². The predicted octanol–water partition coefficient (Wildman–Crippen LogP) is 4.71. The summed E-state index contributed by atoms with van der Waals surface area (Å²) in [5, 5.41) is 3.65. The molecule has 0 radical (unpaired) electrons. The fourth-order valence-corrected chi connectivity index (χ4v) is 3.03. The van der Waals surface area contributed by atoms with Crippen molar-refractivity contribution in [2.24, 2.45) is 11.3 Å². The van der Waals surface area contributed by atoms with Crippen molar-refractivity contribution in [2.45, 2.75) is 52.5 Å². The first-order valence-corrected chi connectivity index (χ1v) is 7.39. The second kappa shape index (κ2) is 5.85. The minimum Gasteiger partial charge on any atom is -0.497 e. The van der Waals surface area contributed by atoms with Crippen LogP contribution < -0.4 is 10.1 Å². The van der Waals surface area contributed by atoms with Gasteiger partial charge in [0, 0.05) is 11.7 Å². The van der Waals surface area contributed by atoms with Gasteiger partial charge in [-0.25, -0.2) is 0 Å². The van der Waals surface area contributed by atoms with Gasteiger partial charge in [0.05, 0.1) is 7.11 Å². The molecule has 0 aromatic heterocycles. The van der Waals surface area contributed by atoms with Crippen LogP contribution in [-0.2, 0) is 0 Å². The fourth-order valence-electron chi connectivity index (χ4n) is 3.03. The van der Waals surface area contributed by atoms with Crippen LogP contribution in [0.25, 0.3) is 0 Å². The molecule has 0 amide bonds. The zero-order valence-corrected chi connectivity index (χ0v) is 12.7. The summed E-state index contributed by atoms with van der Waals surface area (Å²) in [6.45, 7) is 7.11. The van der Waals surface area contributed by atoms with Crippen LogP contribution in [0.4, 0.5) is 5.69 Å². The summed E-state index contributed by atoms with van der Waals surface area (Å²) in [6.07, 6.45) is 5.26. The van der Waals surface area contributed by atoms with Crippen LogP contribution in [0.5, 0.6) is 5.75 Å². The zero-order valence-electron chi connectivity index (χ0n) is 12.7. The summed E-state index contributed by atoms with van der Waals surface area (Å²) in [5.74, 6) is 1.79. The number of methoxy groups -OCH3 is 1. The Labute approximate surface area is 117 Å². The Morgan fingerprint density at radius 1 is 1.00 bits per heavy atom. The Hall–Kier alpha value is -1.18. The molecule has 0 heterocycles. The highest BCUT2D eigenvalue weighted by atomic mass is 16.5. The van der Waals surface area contributed by atoms with E-state index in [9.17, 15) is 0 Å². The number of hydrogen-bond donors (Lipinski definition) is 1. The van der Waals surface area contributed by atoms with Gasteiger partial charge in [-0.3, -0.25) is 0 Å². The molecule has 2 rings (SSSR count). The highest BCUT2D eigenvalue weighted by molar-refractivity contribution is 5.47. The third-order valence-corrected chi connectivity index (χ3v) is 4.41. The van der Waals surface area contributed by atoms with E-state index in [2.05, 4.69) is 38.2 Å². The van der Waals surface area contributed by atoms with Gasteiger partial charge < -0.3 is 10.1 Å². The Kier molecular flexibility index (Phi) is 4.38. The van der Waals surface area contributed by atoms with Crippen molar-refractivity contribution in [3.05, 3.63) is 24.3 Å². The van der Waals surface area contributed by atoms with E-state index >= 15 is 0 Å². The molecule has 2 heteroatoms. The summed E-state index contributed by atoms with van der Waals surface area (Å²) in [6, 6.07) is 8.88. The molecular formula is C17H27NO. The van der Waals surface area contributed by atoms with Crippen molar-refractivity contribution in [1.29, 1.82) is 0 Å². The number of rotatable bonds is 3. The molecule has 2 nitrogen and oxygen atoms in total. The molecule has 0 bridgehead atoms. The Bertz CT molecular complexity index is 383. The monoisotopic (exact) mass is 261 g/mol. The summed E-state index contributed by atoms with van der Waals surface area (Å²) in [5.41, 5.74) is 1.67. The minimum atomic E-state index is 0.463. The van der Waals surface area contributed by atoms with Crippen LogP contribution in [0.2, 0.25) is 0 Å². The van der Waals surface area contributed by atoms with Gasteiger partial charge in [0.25, 0.3) is 0 Å². The van der Waals surface area contributed by atoms with Gasteiger partial charge in [0.1, 0.15) is 5.75 Å². The van der Waals surface area contributed by atoms with Crippen LogP contribution >= 0.6 is 0 Å². The lowest BCUT2D eigenvalue weighted by molar-refractivity contribution is 0.173. The van der Waals surface area contributed by atoms with Crippen molar-refractivity contribution in [3.63, 3.8) is 0 Å². The minimum absolute atomic E-state index is 0.463. The maximum atomic E-state index is 5.18. The highest BCUT2D eigenvalue weighted by Crippen LogP contribution is 2.38. The highest BCUT2D eigenvalue weighted by Gasteiger charge is 2.29. The van der Waals surface area contributed by atoms with E-state index < -0.39 is 0 Å². The molecule has 1 aromatic rings. The van der Waals surface area contributed by atoms with Crippen LogP contribution in [0.3, 0.4) is 0 Å². The summed E-state index contributed by atoms with van der Waals surface area (Å²) in [4.78, 5) is 0. The second-order valence-corrected chi connectivity index (χ2v) is 6.79. The molecule has 1 saturated carbocycles. The smallest absolute Gasteiger partial charge is 0.119 e. The summed E-state index contributed by atoms with van der Waals surface area (Å²) >= 11 is 0. The molecule has 1 aromatic carbocycles. The largest absolute Gasteiger partial charge is 0.497 e. The molecule has 1 N–H and O–H groups in total. The van der Waals surface area contributed by atoms with Crippen LogP contribution in [0.15, 0.2) is 24.3 Å². The molecule has 0 spiro atoms. The lowest BCUT2D eigenvalue weighted by Crippen LogP contribution is -2.31. The molecule has 0 unspecified atom stereocenters. The lowest BCUT2D eigenvalue weighted by Gasteiger charge is -2.37. The molecule has 0 aliphatic heterocycles.